The van der Waals surface area contributed by atoms with Crippen molar-refractivity contribution in [3.8, 4) is 0 Å². The van der Waals surface area contributed by atoms with Gasteiger partial charge in [0, 0.05) is 31.4 Å². The van der Waals surface area contributed by atoms with E-state index in [4.69, 9.17) is 0 Å². The van der Waals surface area contributed by atoms with Gasteiger partial charge in [-0.25, -0.2) is 0 Å². The Labute approximate surface area is 166 Å². The first-order chi connectivity index (χ1) is 13.1. The molecule has 1 aromatic rings. The number of hydrogen-bond donors (Lipinski definition) is 0. The molecule has 0 spiro atoms. The average molecular weight is 377 g/mol. The molecule has 154 valence electrons. The third kappa shape index (κ3) is 11.7. The average Bonchev–Trinajstić information content (AvgIpc) is 2.68. The fourth-order valence-electron chi connectivity index (χ4n) is 3.50. The molecule has 0 radical (unpaired) electrons. The Morgan fingerprint density at radius 2 is 1.15 bits per heavy atom. The van der Waals surface area contributed by atoms with Crippen LogP contribution in [0.25, 0.3) is 0 Å². The highest BCUT2D eigenvalue weighted by molar-refractivity contribution is 5.50. The zero-order valence-corrected chi connectivity index (χ0v) is 17.6. The van der Waals surface area contributed by atoms with Gasteiger partial charge in [-0.05, 0) is 18.6 Å². The molecule has 4 heteroatoms. The van der Waals surface area contributed by atoms with Crippen LogP contribution in [0.1, 0.15) is 96.8 Å². The molecule has 0 aliphatic heterocycles. The molecule has 0 N–H and O–H groups in total. The number of non-ortho nitro benzene ring substituents is 1. The van der Waals surface area contributed by atoms with Gasteiger partial charge in [-0.15, -0.1) is 0 Å². The number of rotatable bonds is 17. The monoisotopic (exact) mass is 376 g/mol. The minimum Gasteiger partial charge on any atom is -0.375 e. The van der Waals surface area contributed by atoms with Crippen molar-refractivity contribution in [2.75, 3.05) is 18.5 Å². The molecule has 0 aromatic heterocycles. The highest BCUT2D eigenvalue weighted by Crippen LogP contribution is 2.19. The summed E-state index contributed by atoms with van der Waals surface area (Å²) in [5.74, 6) is 0. The molecule has 0 bridgehead atoms. The summed E-state index contributed by atoms with van der Waals surface area (Å²) in [5.41, 5.74) is 1.21. The van der Waals surface area contributed by atoms with Gasteiger partial charge in [0.05, 0.1) is 4.92 Å². The number of nitro benzene ring substituents is 1. The predicted molar refractivity (Wildman–Crippen MR) is 117 cm³/mol. The second kappa shape index (κ2) is 15.5. The van der Waals surface area contributed by atoms with Crippen molar-refractivity contribution >= 4 is 11.4 Å². The lowest BCUT2D eigenvalue weighted by Gasteiger charge is -2.19. The van der Waals surface area contributed by atoms with E-state index in [0.29, 0.717) is 0 Å². The summed E-state index contributed by atoms with van der Waals surface area (Å²) in [4.78, 5) is 12.5. The minimum absolute atomic E-state index is 0.156. The molecule has 0 unspecified atom stereocenters. The topological polar surface area (TPSA) is 46.4 Å². The summed E-state index contributed by atoms with van der Waals surface area (Å²) in [7, 11) is 2.06. The SMILES string of the molecule is CCCCCCCCCCCCCCCCN(C)c1ccc([N+](=O)[O-])cc1. The van der Waals surface area contributed by atoms with E-state index in [2.05, 4.69) is 18.9 Å². The Bertz CT molecular complexity index is 488. The molecule has 0 heterocycles. The van der Waals surface area contributed by atoms with Crippen LogP contribution >= 0.6 is 0 Å². The van der Waals surface area contributed by atoms with Crippen LogP contribution in [0.4, 0.5) is 11.4 Å². The lowest BCUT2D eigenvalue weighted by atomic mass is 10.0. The maximum Gasteiger partial charge on any atom is 0.269 e. The van der Waals surface area contributed by atoms with Crippen LogP contribution in [-0.2, 0) is 0 Å². The van der Waals surface area contributed by atoms with Crippen molar-refractivity contribution in [2.24, 2.45) is 0 Å². The summed E-state index contributed by atoms with van der Waals surface area (Å²) >= 11 is 0. The van der Waals surface area contributed by atoms with Gasteiger partial charge < -0.3 is 4.90 Å². The second-order valence-electron chi connectivity index (χ2n) is 7.79. The first-order valence-electron chi connectivity index (χ1n) is 11.1. The van der Waals surface area contributed by atoms with Crippen LogP contribution in [0.5, 0.6) is 0 Å². The lowest BCUT2D eigenvalue weighted by Crippen LogP contribution is -2.18. The van der Waals surface area contributed by atoms with Crippen molar-refractivity contribution < 1.29 is 4.92 Å². The molecular weight excluding hydrogens is 336 g/mol. The van der Waals surface area contributed by atoms with E-state index in [1.54, 1.807) is 12.1 Å². The van der Waals surface area contributed by atoms with E-state index in [1.807, 2.05) is 12.1 Å². The van der Waals surface area contributed by atoms with Gasteiger partial charge >= 0.3 is 0 Å². The van der Waals surface area contributed by atoms with Gasteiger partial charge in [0.1, 0.15) is 0 Å². The van der Waals surface area contributed by atoms with Gasteiger partial charge in [0.25, 0.3) is 5.69 Å². The Balaban J connectivity index is 1.91. The van der Waals surface area contributed by atoms with Gasteiger partial charge in [0.15, 0.2) is 0 Å². The molecule has 1 aromatic carbocycles. The summed E-state index contributed by atoms with van der Waals surface area (Å²) < 4.78 is 0. The Morgan fingerprint density at radius 1 is 0.741 bits per heavy atom. The molecule has 1 rings (SSSR count). The van der Waals surface area contributed by atoms with Crippen LogP contribution in [0, 0.1) is 10.1 Å². The van der Waals surface area contributed by atoms with Crippen molar-refractivity contribution in [3.63, 3.8) is 0 Å². The van der Waals surface area contributed by atoms with E-state index in [-0.39, 0.29) is 10.6 Å². The van der Waals surface area contributed by atoms with Gasteiger partial charge in [0.2, 0.25) is 0 Å². The van der Waals surface area contributed by atoms with Gasteiger partial charge in [-0.1, -0.05) is 90.4 Å². The van der Waals surface area contributed by atoms with E-state index in [9.17, 15) is 10.1 Å². The van der Waals surface area contributed by atoms with Crippen LogP contribution in [0.15, 0.2) is 24.3 Å². The number of hydrogen-bond acceptors (Lipinski definition) is 3. The highest BCUT2D eigenvalue weighted by Gasteiger charge is 2.06. The molecular formula is C23H40N2O2. The zero-order valence-electron chi connectivity index (χ0n) is 17.6. The number of unbranched alkanes of at least 4 members (excludes halogenated alkanes) is 13. The number of anilines is 1. The summed E-state index contributed by atoms with van der Waals surface area (Å²) in [6, 6.07) is 6.83. The quantitative estimate of drug-likeness (QED) is 0.160. The first kappa shape index (κ1) is 23.5. The van der Waals surface area contributed by atoms with Crippen molar-refractivity contribution in [2.45, 2.75) is 96.8 Å². The zero-order chi connectivity index (χ0) is 19.7. The fourth-order valence-corrected chi connectivity index (χ4v) is 3.50. The normalized spacial score (nSPS) is 10.9. The van der Waals surface area contributed by atoms with Crippen molar-refractivity contribution in [1.82, 2.24) is 0 Å². The van der Waals surface area contributed by atoms with Crippen molar-refractivity contribution in [3.05, 3.63) is 34.4 Å². The third-order valence-electron chi connectivity index (χ3n) is 5.35. The smallest absolute Gasteiger partial charge is 0.269 e. The maximum atomic E-state index is 10.7. The standard InChI is InChI=1S/C23H40N2O2/c1-3-4-5-6-7-8-9-10-11-12-13-14-15-16-21-24(2)22-17-19-23(20-18-22)25(26)27/h17-20H,3-16,21H2,1-2H3. The molecule has 4 nitrogen and oxygen atoms in total. The second-order valence-corrected chi connectivity index (χ2v) is 7.79. The molecule has 0 saturated heterocycles. The van der Waals surface area contributed by atoms with Crippen molar-refractivity contribution in [1.29, 1.82) is 0 Å². The molecule has 0 aliphatic rings. The third-order valence-corrected chi connectivity index (χ3v) is 5.35. The number of nitro groups is 1. The Hall–Kier alpha value is -1.58. The maximum absolute atomic E-state index is 10.7. The molecule has 0 aliphatic carbocycles. The number of benzene rings is 1. The van der Waals surface area contributed by atoms with E-state index in [0.717, 1.165) is 12.2 Å². The molecule has 0 amide bonds. The Kier molecular flexibility index (Phi) is 13.4. The van der Waals surface area contributed by atoms with Gasteiger partial charge in [-0.3, -0.25) is 10.1 Å². The van der Waals surface area contributed by atoms with Gasteiger partial charge in [-0.2, -0.15) is 0 Å². The molecule has 0 saturated carbocycles. The molecule has 27 heavy (non-hydrogen) atoms. The molecule has 0 atom stereocenters. The van der Waals surface area contributed by atoms with Crippen LogP contribution in [0.3, 0.4) is 0 Å². The molecule has 0 fully saturated rings. The summed E-state index contributed by atoms with van der Waals surface area (Å²) in [6.45, 7) is 3.28. The Morgan fingerprint density at radius 3 is 1.56 bits per heavy atom. The van der Waals surface area contributed by atoms with E-state index in [1.165, 1.54) is 89.9 Å². The van der Waals surface area contributed by atoms with Crippen LogP contribution in [0.2, 0.25) is 0 Å². The highest BCUT2D eigenvalue weighted by atomic mass is 16.6. The number of nitrogens with zero attached hydrogens (tertiary/aromatic N) is 2. The van der Waals surface area contributed by atoms with Crippen LogP contribution < -0.4 is 4.90 Å². The lowest BCUT2D eigenvalue weighted by molar-refractivity contribution is -0.384. The minimum atomic E-state index is -0.350. The van der Waals surface area contributed by atoms with E-state index < -0.39 is 0 Å². The summed E-state index contributed by atoms with van der Waals surface area (Å²) in [6.07, 6.45) is 19.2. The fraction of sp³-hybridized carbons (Fsp3) is 0.739. The first-order valence-corrected chi connectivity index (χ1v) is 11.1. The van der Waals surface area contributed by atoms with Crippen LogP contribution in [-0.4, -0.2) is 18.5 Å². The predicted octanol–water partition coefficient (Wildman–Crippen LogP) is 7.51. The van der Waals surface area contributed by atoms with E-state index >= 15 is 0 Å². The largest absolute Gasteiger partial charge is 0.375 e. The summed E-state index contributed by atoms with van der Waals surface area (Å²) in [5, 5.41) is 10.7.